The predicted molar refractivity (Wildman–Crippen MR) is 155 cm³/mol. The molecule has 0 radical (unpaired) electrons. The molecule has 4 aromatic carbocycles. The molecule has 2 N–H and O–H groups in total. The molecule has 39 heavy (non-hydrogen) atoms. The molecule has 1 atom stereocenters. The molecule has 4 rings (SSSR count). The van der Waals surface area contributed by atoms with E-state index in [4.69, 9.17) is 14.6 Å². The van der Waals surface area contributed by atoms with Gasteiger partial charge in [0, 0.05) is 12.1 Å². The second-order valence-corrected chi connectivity index (χ2v) is 9.65. The highest BCUT2D eigenvalue weighted by atomic mass is 16.5. The van der Waals surface area contributed by atoms with Crippen LogP contribution in [0.1, 0.15) is 54.9 Å². The van der Waals surface area contributed by atoms with Crippen LogP contribution in [-0.2, 0) is 29.0 Å². The van der Waals surface area contributed by atoms with Gasteiger partial charge in [-0.2, -0.15) is 0 Å². The van der Waals surface area contributed by atoms with Gasteiger partial charge in [0.05, 0.1) is 13.0 Å². The number of hydrogen-bond donors (Lipinski definition) is 2. The normalized spacial score (nSPS) is 11.7. The number of anilines is 1. The molecular formula is C33H35NO5. The van der Waals surface area contributed by atoms with E-state index in [0.29, 0.717) is 36.6 Å². The average Bonchev–Trinajstić information content (AvgIpc) is 2.96. The number of amides is 1. The third-order valence-electron chi connectivity index (χ3n) is 6.98. The number of benzene rings is 4. The lowest BCUT2D eigenvalue weighted by molar-refractivity contribution is -0.137. The Bertz CT molecular complexity index is 1460. The van der Waals surface area contributed by atoms with Crippen LogP contribution >= 0.6 is 0 Å². The summed E-state index contributed by atoms with van der Waals surface area (Å²) >= 11 is 0. The third-order valence-corrected chi connectivity index (χ3v) is 6.98. The highest BCUT2D eigenvalue weighted by molar-refractivity contribution is 5.99. The summed E-state index contributed by atoms with van der Waals surface area (Å²) < 4.78 is 11.6. The maximum atomic E-state index is 13.5. The zero-order chi connectivity index (χ0) is 27.8. The monoisotopic (exact) mass is 525 g/mol. The number of methoxy groups -OCH3 is 1. The van der Waals surface area contributed by atoms with Gasteiger partial charge in [0.2, 0.25) is 5.91 Å². The Morgan fingerprint density at radius 3 is 2.46 bits per heavy atom. The lowest BCUT2D eigenvalue weighted by atomic mass is 9.94. The second-order valence-electron chi connectivity index (χ2n) is 9.65. The van der Waals surface area contributed by atoms with Gasteiger partial charge in [-0.1, -0.05) is 67.6 Å². The molecule has 1 amide bonds. The Hall–Kier alpha value is -4.32. The van der Waals surface area contributed by atoms with E-state index in [1.54, 1.807) is 7.11 Å². The van der Waals surface area contributed by atoms with Gasteiger partial charge in [-0.3, -0.25) is 9.59 Å². The largest absolute Gasteiger partial charge is 0.493 e. The van der Waals surface area contributed by atoms with Crippen molar-refractivity contribution < 1.29 is 24.2 Å². The minimum atomic E-state index is -0.835. The van der Waals surface area contributed by atoms with Crippen LogP contribution in [0.5, 0.6) is 11.5 Å². The number of carbonyl (C=O) groups is 2. The van der Waals surface area contributed by atoms with Crippen LogP contribution in [0, 0.1) is 0 Å². The van der Waals surface area contributed by atoms with E-state index in [1.807, 2.05) is 85.8 Å². The molecule has 6 heteroatoms. The fourth-order valence-electron chi connectivity index (χ4n) is 4.70. The molecule has 4 aromatic rings. The van der Waals surface area contributed by atoms with E-state index in [1.165, 1.54) is 0 Å². The first-order valence-corrected chi connectivity index (χ1v) is 13.3. The van der Waals surface area contributed by atoms with Gasteiger partial charge in [-0.15, -0.1) is 0 Å². The third kappa shape index (κ3) is 6.96. The minimum Gasteiger partial charge on any atom is -0.493 e. The zero-order valence-electron chi connectivity index (χ0n) is 22.7. The van der Waals surface area contributed by atoms with E-state index in [2.05, 4.69) is 12.2 Å². The van der Waals surface area contributed by atoms with Crippen molar-refractivity contribution in [3.63, 3.8) is 0 Å². The highest BCUT2D eigenvalue weighted by Crippen LogP contribution is 2.31. The summed E-state index contributed by atoms with van der Waals surface area (Å²) in [5.74, 6) is -0.0179. The van der Waals surface area contributed by atoms with Crippen molar-refractivity contribution >= 4 is 28.3 Å². The number of aliphatic carboxylic acids is 1. The first kappa shape index (κ1) is 27.7. The van der Waals surface area contributed by atoms with Crippen LogP contribution in [0.3, 0.4) is 0 Å². The zero-order valence-corrected chi connectivity index (χ0v) is 22.7. The second kappa shape index (κ2) is 13.0. The minimum absolute atomic E-state index is 0.0677. The van der Waals surface area contributed by atoms with Crippen LogP contribution < -0.4 is 14.8 Å². The summed E-state index contributed by atoms with van der Waals surface area (Å²) in [6, 6.07) is 25.7. The lowest BCUT2D eigenvalue weighted by Gasteiger charge is -2.18. The smallest absolute Gasteiger partial charge is 0.303 e. The van der Waals surface area contributed by atoms with Crippen LogP contribution in [0.4, 0.5) is 5.69 Å². The number of nitrogens with one attached hydrogen (secondary N) is 1. The van der Waals surface area contributed by atoms with Crippen LogP contribution in [0.15, 0.2) is 78.9 Å². The summed E-state index contributed by atoms with van der Waals surface area (Å²) in [6.45, 7) is 4.28. The van der Waals surface area contributed by atoms with E-state index in [-0.39, 0.29) is 18.2 Å². The maximum Gasteiger partial charge on any atom is 0.303 e. The molecule has 0 bridgehead atoms. The molecular weight excluding hydrogens is 490 g/mol. The quantitative estimate of drug-likeness (QED) is 0.205. The first-order chi connectivity index (χ1) is 18.9. The molecule has 0 spiro atoms. The number of carbonyl (C=O) groups excluding carboxylic acids is 1. The van der Waals surface area contributed by atoms with Gasteiger partial charge in [-0.05, 0) is 77.4 Å². The van der Waals surface area contributed by atoms with E-state index in [9.17, 15) is 9.59 Å². The number of carboxylic acid groups (broad SMARTS) is 1. The molecule has 0 saturated carbocycles. The molecule has 0 aliphatic heterocycles. The topological polar surface area (TPSA) is 84.9 Å². The van der Waals surface area contributed by atoms with Crippen LogP contribution in [0.25, 0.3) is 10.8 Å². The highest BCUT2D eigenvalue weighted by Gasteiger charge is 2.19. The van der Waals surface area contributed by atoms with Gasteiger partial charge in [-0.25, -0.2) is 0 Å². The number of aryl methyl sites for hydroxylation is 2. The Kier molecular flexibility index (Phi) is 9.21. The molecule has 0 heterocycles. The Morgan fingerprint density at radius 2 is 1.69 bits per heavy atom. The van der Waals surface area contributed by atoms with Crippen molar-refractivity contribution in [3.8, 4) is 11.5 Å². The van der Waals surface area contributed by atoms with Crippen molar-refractivity contribution in [2.24, 2.45) is 0 Å². The number of fused-ring (bicyclic) bond motifs is 1. The standard InChI is InChI=1S/C33H35NO5/c1-4-23-16-18-30(31(20-23)38-3)39-21-24-15-17-26(11-8-14-32(35)36)29(19-24)34-33(37)22(2)27-13-7-10-25-9-5-6-12-28(25)27/h5-7,9-10,12-13,15-20,22H,4,8,11,14,21H2,1-3H3,(H,34,37)(H,35,36). The number of ether oxygens (including phenoxy) is 2. The summed E-state index contributed by atoms with van der Waals surface area (Å²) in [7, 11) is 1.62. The maximum absolute atomic E-state index is 13.5. The van der Waals surface area contributed by atoms with Crippen molar-refractivity contribution in [2.75, 3.05) is 12.4 Å². The molecule has 0 aliphatic carbocycles. The lowest BCUT2D eigenvalue weighted by Crippen LogP contribution is -2.20. The van der Waals surface area contributed by atoms with Crippen LogP contribution in [0.2, 0.25) is 0 Å². The van der Waals surface area contributed by atoms with E-state index >= 15 is 0 Å². The number of hydrogen-bond acceptors (Lipinski definition) is 4. The summed E-state index contributed by atoms with van der Waals surface area (Å²) in [6.07, 6.45) is 1.99. The Balaban J connectivity index is 1.56. The van der Waals surface area contributed by atoms with Gasteiger partial charge in [0.15, 0.2) is 11.5 Å². The number of carboxylic acids is 1. The molecule has 0 saturated heterocycles. The summed E-state index contributed by atoms with van der Waals surface area (Å²) in [4.78, 5) is 24.5. The van der Waals surface area contributed by atoms with Crippen molar-refractivity contribution in [2.45, 2.75) is 52.1 Å². The van der Waals surface area contributed by atoms with E-state index in [0.717, 1.165) is 39.4 Å². The van der Waals surface area contributed by atoms with Crippen molar-refractivity contribution in [1.82, 2.24) is 0 Å². The Morgan fingerprint density at radius 1 is 0.923 bits per heavy atom. The fraction of sp³-hybridized carbons (Fsp3) is 0.273. The molecule has 202 valence electrons. The Labute approximate surface area is 229 Å². The number of rotatable bonds is 12. The fourth-order valence-corrected chi connectivity index (χ4v) is 4.70. The first-order valence-electron chi connectivity index (χ1n) is 13.3. The van der Waals surface area contributed by atoms with Gasteiger partial charge >= 0.3 is 5.97 Å². The average molecular weight is 526 g/mol. The molecule has 1 unspecified atom stereocenters. The van der Waals surface area contributed by atoms with E-state index < -0.39 is 5.97 Å². The molecule has 0 aliphatic rings. The molecule has 0 fully saturated rings. The van der Waals surface area contributed by atoms with Crippen molar-refractivity contribution in [1.29, 1.82) is 0 Å². The van der Waals surface area contributed by atoms with Gasteiger partial charge in [0.25, 0.3) is 0 Å². The van der Waals surface area contributed by atoms with Crippen LogP contribution in [-0.4, -0.2) is 24.1 Å². The molecule has 6 nitrogen and oxygen atoms in total. The summed E-state index contributed by atoms with van der Waals surface area (Å²) in [5.41, 5.74) is 4.57. The van der Waals surface area contributed by atoms with Gasteiger partial charge < -0.3 is 19.9 Å². The molecule has 0 aromatic heterocycles. The van der Waals surface area contributed by atoms with Gasteiger partial charge in [0.1, 0.15) is 6.61 Å². The van der Waals surface area contributed by atoms with Crippen molar-refractivity contribution in [3.05, 3.63) is 101 Å². The SMILES string of the molecule is CCc1ccc(OCc2ccc(CCCC(=O)O)c(NC(=O)C(C)c3cccc4ccccc34)c2)c(OC)c1. The predicted octanol–water partition coefficient (Wildman–Crippen LogP) is 7.14. The summed E-state index contributed by atoms with van der Waals surface area (Å²) in [5, 5.41) is 14.4.